The van der Waals surface area contributed by atoms with Crippen molar-refractivity contribution in [1.29, 1.82) is 0 Å². The Morgan fingerprint density at radius 3 is 2.67 bits per heavy atom. The van der Waals surface area contributed by atoms with Gasteiger partial charge in [-0.15, -0.1) is 0 Å². The van der Waals surface area contributed by atoms with E-state index in [0.717, 1.165) is 0 Å². The first kappa shape index (κ1) is 13.9. The van der Waals surface area contributed by atoms with Crippen molar-refractivity contribution < 1.29 is 19.4 Å². The number of amides is 1. The summed E-state index contributed by atoms with van der Waals surface area (Å²) in [5.74, 6) is -1.03. The van der Waals surface area contributed by atoms with E-state index < -0.39 is 12.1 Å². The van der Waals surface area contributed by atoms with E-state index in [1.165, 1.54) is 7.11 Å². The van der Waals surface area contributed by atoms with Crippen molar-refractivity contribution in [2.75, 3.05) is 13.7 Å². The number of carboxylic acids is 1. The van der Waals surface area contributed by atoms with E-state index in [4.69, 9.17) is 15.6 Å². The molecule has 4 N–H and O–H groups in total. The van der Waals surface area contributed by atoms with Crippen LogP contribution in [-0.4, -0.2) is 36.9 Å². The molecule has 6 heteroatoms. The number of hydrogen-bond donors (Lipinski definition) is 3. The van der Waals surface area contributed by atoms with Crippen LogP contribution in [0.4, 0.5) is 0 Å². The largest absolute Gasteiger partial charge is 0.481 e. The third-order valence-corrected chi connectivity index (χ3v) is 1.79. The fraction of sp³-hybridized carbons (Fsp3) is 0.778. The Morgan fingerprint density at radius 2 is 2.13 bits per heavy atom. The summed E-state index contributed by atoms with van der Waals surface area (Å²) < 4.78 is 4.73. The molecular formula is C9H18N2O4. The van der Waals surface area contributed by atoms with Gasteiger partial charge in [0.1, 0.15) is 0 Å². The molecule has 0 aromatic heterocycles. The highest BCUT2D eigenvalue weighted by Crippen LogP contribution is 1.97. The summed E-state index contributed by atoms with van der Waals surface area (Å²) in [5, 5.41) is 10.9. The van der Waals surface area contributed by atoms with E-state index in [1.807, 2.05) is 0 Å². The van der Waals surface area contributed by atoms with E-state index in [9.17, 15) is 9.59 Å². The van der Waals surface area contributed by atoms with Crippen LogP contribution in [0.3, 0.4) is 0 Å². The molecule has 88 valence electrons. The highest BCUT2D eigenvalue weighted by Gasteiger charge is 2.07. The summed E-state index contributed by atoms with van der Waals surface area (Å²) in [6.07, 6.45) is 0.783. The number of hydrogen-bond acceptors (Lipinski definition) is 4. The molecule has 0 saturated heterocycles. The maximum atomic E-state index is 11.1. The van der Waals surface area contributed by atoms with Crippen LogP contribution in [0.1, 0.15) is 25.7 Å². The second kappa shape index (κ2) is 8.19. The summed E-state index contributed by atoms with van der Waals surface area (Å²) in [7, 11) is 1.51. The van der Waals surface area contributed by atoms with Crippen LogP contribution in [-0.2, 0) is 14.3 Å². The SMILES string of the molecule is COCCC(=O)NC(N)CCCC(=O)O. The molecule has 1 unspecified atom stereocenters. The monoisotopic (exact) mass is 218 g/mol. The first-order chi connectivity index (χ1) is 7.06. The van der Waals surface area contributed by atoms with Gasteiger partial charge in [-0.05, 0) is 12.8 Å². The lowest BCUT2D eigenvalue weighted by atomic mass is 10.2. The molecule has 0 fully saturated rings. The molecule has 0 heterocycles. The lowest BCUT2D eigenvalue weighted by Crippen LogP contribution is -2.41. The second-order valence-electron chi connectivity index (χ2n) is 3.20. The van der Waals surface area contributed by atoms with E-state index in [2.05, 4.69) is 5.32 Å². The van der Waals surface area contributed by atoms with Crippen molar-refractivity contribution >= 4 is 11.9 Å². The molecule has 1 amide bonds. The molecule has 1 atom stereocenters. The Balaban J connectivity index is 3.50. The van der Waals surface area contributed by atoms with Crippen LogP contribution in [0.15, 0.2) is 0 Å². The van der Waals surface area contributed by atoms with Crippen molar-refractivity contribution in [1.82, 2.24) is 5.32 Å². The molecule has 0 aliphatic rings. The predicted octanol–water partition coefficient (Wildman–Crippen LogP) is -0.321. The van der Waals surface area contributed by atoms with Crippen molar-refractivity contribution in [3.8, 4) is 0 Å². The molecule has 15 heavy (non-hydrogen) atoms. The smallest absolute Gasteiger partial charge is 0.303 e. The lowest BCUT2D eigenvalue weighted by molar-refractivity contribution is -0.137. The Morgan fingerprint density at radius 1 is 1.47 bits per heavy atom. The van der Waals surface area contributed by atoms with Crippen molar-refractivity contribution in [3.63, 3.8) is 0 Å². The van der Waals surface area contributed by atoms with Gasteiger partial charge in [0, 0.05) is 20.0 Å². The van der Waals surface area contributed by atoms with Gasteiger partial charge >= 0.3 is 5.97 Å². The molecule has 0 rings (SSSR count). The second-order valence-corrected chi connectivity index (χ2v) is 3.20. The third-order valence-electron chi connectivity index (χ3n) is 1.79. The minimum atomic E-state index is -0.854. The Kier molecular flexibility index (Phi) is 7.57. The fourth-order valence-electron chi connectivity index (χ4n) is 1.02. The number of aliphatic carboxylic acids is 1. The summed E-state index contributed by atoms with van der Waals surface area (Å²) in [6, 6.07) is 0. The molecule has 0 aliphatic heterocycles. The van der Waals surface area contributed by atoms with Crippen LogP contribution < -0.4 is 11.1 Å². The number of nitrogens with two attached hydrogens (primary N) is 1. The van der Waals surface area contributed by atoms with Gasteiger partial charge in [0.05, 0.1) is 12.8 Å². The average molecular weight is 218 g/mol. The molecule has 0 radical (unpaired) electrons. The molecule has 0 spiro atoms. The van der Waals surface area contributed by atoms with Crippen molar-refractivity contribution in [3.05, 3.63) is 0 Å². The van der Waals surface area contributed by atoms with Crippen LogP contribution in [0.5, 0.6) is 0 Å². The highest BCUT2D eigenvalue weighted by atomic mass is 16.5. The van der Waals surface area contributed by atoms with Crippen LogP contribution in [0, 0.1) is 0 Å². The number of ether oxygens (including phenoxy) is 1. The quantitative estimate of drug-likeness (QED) is 0.484. The summed E-state index contributed by atoms with van der Waals surface area (Å²) in [4.78, 5) is 21.3. The molecule has 0 aromatic carbocycles. The normalized spacial score (nSPS) is 12.1. The van der Waals surface area contributed by atoms with Gasteiger partial charge in [-0.25, -0.2) is 0 Å². The number of rotatable bonds is 8. The third kappa shape index (κ3) is 9.17. The summed E-state index contributed by atoms with van der Waals surface area (Å²) in [5.41, 5.74) is 5.57. The zero-order valence-electron chi connectivity index (χ0n) is 8.86. The number of nitrogens with one attached hydrogen (secondary N) is 1. The Labute approximate surface area is 88.8 Å². The van der Waals surface area contributed by atoms with Crippen LogP contribution in [0.2, 0.25) is 0 Å². The van der Waals surface area contributed by atoms with Gasteiger partial charge in [0.15, 0.2) is 0 Å². The summed E-state index contributed by atoms with van der Waals surface area (Å²) >= 11 is 0. The van der Waals surface area contributed by atoms with Gasteiger partial charge < -0.3 is 20.9 Å². The van der Waals surface area contributed by atoms with Gasteiger partial charge in [-0.1, -0.05) is 0 Å². The van der Waals surface area contributed by atoms with E-state index >= 15 is 0 Å². The standard InChI is InChI=1S/C9H18N2O4/c1-15-6-5-8(12)11-7(10)3-2-4-9(13)14/h7H,2-6,10H2,1H3,(H,11,12)(H,13,14). The Hall–Kier alpha value is -1.14. The zero-order valence-corrected chi connectivity index (χ0v) is 8.86. The molecule has 0 aromatic rings. The van der Waals surface area contributed by atoms with Crippen LogP contribution >= 0.6 is 0 Å². The maximum Gasteiger partial charge on any atom is 0.303 e. The fourth-order valence-corrected chi connectivity index (χ4v) is 1.02. The summed E-state index contributed by atoms with van der Waals surface area (Å²) in [6.45, 7) is 0.355. The maximum absolute atomic E-state index is 11.1. The number of methoxy groups -OCH3 is 1. The molecule has 0 saturated carbocycles. The minimum Gasteiger partial charge on any atom is -0.481 e. The molecule has 0 aliphatic carbocycles. The number of carboxylic acid groups (broad SMARTS) is 1. The topological polar surface area (TPSA) is 102 Å². The van der Waals surface area contributed by atoms with E-state index in [0.29, 0.717) is 19.4 Å². The number of carbonyl (C=O) groups is 2. The van der Waals surface area contributed by atoms with Crippen molar-refractivity contribution in [2.24, 2.45) is 5.73 Å². The lowest BCUT2D eigenvalue weighted by Gasteiger charge is -2.12. The van der Waals surface area contributed by atoms with E-state index in [1.54, 1.807) is 0 Å². The van der Waals surface area contributed by atoms with Gasteiger partial charge in [-0.2, -0.15) is 0 Å². The zero-order chi connectivity index (χ0) is 11.7. The van der Waals surface area contributed by atoms with Gasteiger partial charge in [0.2, 0.25) is 5.91 Å². The average Bonchev–Trinajstić information content (AvgIpc) is 2.14. The van der Waals surface area contributed by atoms with Crippen molar-refractivity contribution in [2.45, 2.75) is 31.8 Å². The molecule has 6 nitrogen and oxygen atoms in total. The highest BCUT2D eigenvalue weighted by molar-refractivity contribution is 5.76. The predicted molar refractivity (Wildman–Crippen MR) is 54.1 cm³/mol. The first-order valence-corrected chi connectivity index (χ1v) is 4.82. The van der Waals surface area contributed by atoms with Gasteiger partial charge in [-0.3, -0.25) is 9.59 Å². The number of carbonyl (C=O) groups excluding carboxylic acids is 1. The molecule has 0 bridgehead atoms. The van der Waals surface area contributed by atoms with E-state index in [-0.39, 0.29) is 18.7 Å². The van der Waals surface area contributed by atoms with Crippen LogP contribution in [0.25, 0.3) is 0 Å². The molecular weight excluding hydrogens is 200 g/mol. The Bertz CT molecular complexity index is 208. The van der Waals surface area contributed by atoms with Gasteiger partial charge in [0.25, 0.3) is 0 Å². The first-order valence-electron chi connectivity index (χ1n) is 4.82. The minimum absolute atomic E-state index is 0.0711.